The van der Waals surface area contributed by atoms with Crippen molar-refractivity contribution in [1.29, 1.82) is 0 Å². The molecule has 0 spiro atoms. The van der Waals surface area contributed by atoms with Crippen LogP contribution < -0.4 is 10.6 Å². The highest BCUT2D eigenvalue weighted by atomic mass is 32.1. The predicted molar refractivity (Wildman–Crippen MR) is 100 cm³/mol. The molecule has 1 fully saturated rings. The number of benzene rings is 1. The molecule has 1 saturated heterocycles. The van der Waals surface area contributed by atoms with Crippen LogP contribution in [-0.4, -0.2) is 38.1 Å². The molecule has 1 amide bonds. The van der Waals surface area contributed by atoms with Crippen molar-refractivity contribution < 1.29 is 4.79 Å². The first kappa shape index (κ1) is 16.9. The Balaban J connectivity index is 1.38. The standard InChI is InChI=1S/C18H20N6OS/c25-17(15-8-10-24(22-15)14-7-4-9-19-12-14)21-18-20-16(23-26-18)11-13-5-2-1-3-6-13/h1-3,5-6,8,10,14,19H,4,7,9,11-12H2,(H,20,21,23,25). The maximum absolute atomic E-state index is 12.4. The van der Waals surface area contributed by atoms with Gasteiger partial charge in [-0.2, -0.15) is 9.47 Å². The van der Waals surface area contributed by atoms with Gasteiger partial charge in [-0.25, -0.2) is 4.98 Å². The number of piperidine rings is 1. The summed E-state index contributed by atoms with van der Waals surface area (Å²) in [5.41, 5.74) is 1.54. The smallest absolute Gasteiger partial charge is 0.277 e. The van der Waals surface area contributed by atoms with Gasteiger partial charge in [0.1, 0.15) is 5.82 Å². The molecule has 1 aromatic carbocycles. The van der Waals surface area contributed by atoms with Gasteiger partial charge in [-0.15, -0.1) is 0 Å². The second kappa shape index (κ2) is 7.76. The normalized spacial score (nSPS) is 17.2. The maximum Gasteiger partial charge on any atom is 0.277 e. The Morgan fingerprint density at radius 1 is 1.31 bits per heavy atom. The molecule has 0 bridgehead atoms. The zero-order chi connectivity index (χ0) is 17.8. The summed E-state index contributed by atoms with van der Waals surface area (Å²) in [4.78, 5) is 16.8. The van der Waals surface area contributed by atoms with Gasteiger partial charge in [-0.1, -0.05) is 30.3 Å². The van der Waals surface area contributed by atoms with E-state index in [1.807, 2.05) is 41.2 Å². The number of hydrogen-bond donors (Lipinski definition) is 2. The van der Waals surface area contributed by atoms with Crippen molar-refractivity contribution in [3.63, 3.8) is 0 Å². The highest BCUT2D eigenvalue weighted by Gasteiger charge is 2.18. The Morgan fingerprint density at radius 3 is 3.00 bits per heavy atom. The summed E-state index contributed by atoms with van der Waals surface area (Å²) < 4.78 is 6.20. The summed E-state index contributed by atoms with van der Waals surface area (Å²) in [7, 11) is 0. The summed E-state index contributed by atoms with van der Waals surface area (Å²) in [6.45, 7) is 1.94. The lowest BCUT2D eigenvalue weighted by atomic mass is 10.1. The lowest BCUT2D eigenvalue weighted by Crippen LogP contribution is -2.32. The van der Waals surface area contributed by atoms with Crippen LogP contribution in [0.4, 0.5) is 5.13 Å². The van der Waals surface area contributed by atoms with Gasteiger partial charge in [-0.05, 0) is 31.0 Å². The second-order valence-electron chi connectivity index (χ2n) is 6.31. The molecule has 2 aromatic heterocycles. The van der Waals surface area contributed by atoms with Gasteiger partial charge in [0.05, 0.1) is 6.04 Å². The van der Waals surface area contributed by atoms with Gasteiger partial charge in [-0.3, -0.25) is 14.8 Å². The van der Waals surface area contributed by atoms with Crippen LogP contribution in [-0.2, 0) is 6.42 Å². The molecular weight excluding hydrogens is 348 g/mol. The lowest BCUT2D eigenvalue weighted by molar-refractivity contribution is 0.102. The fourth-order valence-corrected chi connectivity index (χ4v) is 3.62. The molecule has 1 unspecified atom stereocenters. The molecule has 3 heterocycles. The summed E-state index contributed by atoms with van der Waals surface area (Å²) in [6, 6.07) is 12.1. The number of anilines is 1. The second-order valence-corrected chi connectivity index (χ2v) is 7.07. The van der Waals surface area contributed by atoms with E-state index in [0.717, 1.165) is 31.5 Å². The van der Waals surface area contributed by atoms with E-state index < -0.39 is 0 Å². The van der Waals surface area contributed by atoms with Gasteiger partial charge in [0.2, 0.25) is 5.13 Å². The molecule has 26 heavy (non-hydrogen) atoms. The number of aromatic nitrogens is 4. The number of nitrogens with one attached hydrogen (secondary N) is 2. The van der Waals surface area contributed by atoms with Crippen molar-refractivity contribution in [2.24, 2.45) is 0 Å². The first-order valence-electron chi connectivity index (χ1n) is 8.72. The van der Waals surface area contributed by atoms with Crippen LogP contribution in [0, 0.1) is 0 Å². The van der Waals surface area contributed by atoms with Gasteiger partial charge < -0.3 is 5.32 Å². The van der Waals surface area contributed by atoms with Crippen molar-refractivity contribution >= 4 is 22.6 Å². The fourth-order valence-electron chi connectivity index (χ4n) is 3.04. The number of carbonyl (C=O) groups excluding carboxylic acids is 1. The zero-order valence-corrected chi connectivity index (χ0v) is 15.1. The zero-order valence-electron chi connectivity index (χ0n) is 14.3. The van der Waals surface area contributed by atoms with E-state index in [2.05, 4.69) is 25.1 Å². The first-order valence-corrected chi connectivity index (χ1v) is 9.49. The molecule has 3 aromatic rings. The molecule has 0 aliphatic carbocycles. The average Bonchev–Trinajstić information content (AvgIpc) is 3.33. The third-order valence-electron chi connectivity index (χ3n) is 4.38. The summed E-state index contributed by atoms with van der Waals surface area (Å²) >= 11 is 1.19. The van der Waals surface area contributed by atoms with Gasteiger partial charge in [0.15, 0.2) is 5.69 Å². The van der Waals surface area contributed by atoms with E-state index >= 15 is 0 Å². The fraction of sp³-hybridized carbons (Fsp3) is 0.333. The number of hydrogen-bond acceptors (Lipinski definition) is 6. The predicted octanol–water partition coefficient (Wildman–Crippen LogP) is 2.50. The molecule has 8 heteroatoms. The minimum Gasteiger partial charge on any atom is -0.315 e. The van der Waals surface area contributed by atoms with Crippen LogP contribution in [0.25, 0.3) is 0 Å². The van der Waals surface area contributed by atoms with Crippen molar-refractivity contribution in [2.75, 3.05) is 18.4 Å². The van der Waals surface area contributed by atoms with Crippen LogP contribution in [0.5, 0.6) is 0 Å². The number of nitrogens with zero attached hydrogens (tertiary/aromatic N) is 4. The minimum atomic E-state index is -0.255. The first-order chi connectivity index (χ1) is 12.8. The Kier molecular flexibility index (Phi) is 5.03. The summed E-state index contributed by atoms with van der Waals surface area (Å²) in [5, 5.41) is 11.1. The minimum absolute atomic E-state index is 0.255. The van der Waals surface area contributed by atoms with Crippen molar-refractivity contribution in [3.8, 4) is 0 Å². The van der Waals surface area contributed by atoms with Crippen LogP contribution in [0.15, 0.2) is 42.6 Å². The average molecular weight is 368 g/mol. The highest BCUT2D eigenvalue weighted by molar-refractivity contribution is 7.09. The van der Waals surface area contributed by atoms with Gasteiger partial charge in [0.25, 0.3) is 5.91 Å². The molecule has 7 nitrogen and oxygen atoms in total. The number of carbonyl (C=O) groups is 1. The van der Waals surface area contributed by atoms with Crippen molar-refractivity contribution in [1.82, 2.24) is 24.5 Å². The van der Waals surface area contributed by atoms with E-state index in [4.69, 9.17) is 0 Å². The molecule has 0 saturated carbocycles. The van der Waals surface area contributed by atoms with Crippen LogP contribution in [0.1, 0.15) is 40.8 Å². The molecule has 1 aliphatic rings. The molecule has 1 atom stereocenters. The SMILES string of the molecule is O=C(Nc1nc(Cc2ccccc2)ns1)c1ccn(C2CCCNC2)n1. The lowest BCUT2D eigenvalue weighted by Gasteiger charge is -2.22. The highest BCUT2D eigenvalue weighted by Crippen LogP contribution is 2.17. The van der Waals surface area contributed by atoms with E-state index in [-0.39, 0.29) is 5.91 Å². The molecule has 4 rings (SSSR count). The quantitative estimate of drug-likeness (QED) is 0.723. The Morgan fingerprint density at radius 2 is 2.19 bits per heavy atom. The van der Waals surface area contributed by atoms with Gasteiger partial charge in [0, 0.05) is 30.7 Å². The van der Waals surface area contributed by atoms with E-state index in [9.17, 15) is 4.79 Å². The van der Waals surface area contributed by atoms with Crippen molar-refractivity contribution in [2.45, 2.75) is 25.3 Å². The summed E-state index contributed by atoms with van der Waals surface area (Å²) in [6.07, 6.45) is 4.72. The maximum atomic E-state index is 12.4. The third kappa shape index (κ3) is 3.97. The topological polar surface area (TPSA) is 84.7 Å². The number of rotatable bonds is 5. The molecular formula is C18H20N6OS. The molecule has 2 N–H and O–H groups in total. The Bertz CT molecular complexity index is 869. The number of amides is 1. The third-order valence-corrected chi connectivity index (χ3v) is 5.05. The van der Waals surface area contributed by atoms with Crippen molar-refractivity contribution in [3.05, 3.63) is 59.7 Å². The van der Waals surface area contributed by atoms with Gasteiger partial charge >= 0.3 is 0 Å². The van der Waals surface area contributed by atoms with Crippen LogP contribution >= 0.6 is 11.5 Å². The van der Waals surface area contributed by atoms with Crippen LogP contribution in [0.3, 0.4) is 0 Å². The van der Waals surface area contributed by atoms with Crippen LogP contribution in [0.2, 0.25) is 0 Å². The Labute approximate surface area is 155 Å². The molecule has 1 aliphatic heterocycles. The van der Waals surface area contributed by atoms with E-state index in [1.54, 1.807) is 6.07 Å². The summed E-state index contributed by atoms with van der Waals surface area (Å²) in [5.74, 6) is 0.449. The van der Waals surface area contributed by atoms with E-state index in [1.165, 1.54) is 11.5 Å². The monoisotopic (exact) mass is 368 g/mol. The van der Waals surface area contributed by atoms with E-state index in [0.29, 0.717) is 29.1 Å². The Hall–Kier alpha value is -2.58. The largest absolute Gasteiger partial charge is 0.315 e. The molecule has 0 radical (unpaired) electrons. The molecule has 134 valence electrons.